The van der Waals surface area contributed by atoms with Gasteiger partial charge in [-0.3, -0.25) is 0 Å². The molecule has 7 rings (SSSR count). The van der Waals surface area contributed by atoms with Gasteiger partial charge in [-0.05, 0) is 117 Å². The summed E-state index contributed by atoms with van der Waals surface area (Å²) in [7, 11) is 0. The van der Waals surface area contributed by atoms with Crippen LogP contribution in [0, 0.1) is 20.8 Å². The van der Waals surface area contributed by atoms with Gasteiger partial charge in [0.15, 0.2) is 0 Å². The molecule has 0 amide bonds. The molecule has 1 aliphatic heterocycles. The van der Waals surface area contributed by atoms with Gasteiger partial charge >= 0.3 is 0 Å². The Kier molecular flexibility index (Phi) is 9.68. The lowest BCUT2D eigenvalue weighted by atomic mass is 9.33. The predicted octanol–water partition coefficient (Wildman–Crippen LogP) is 10.8. The smallest absolute Gasteiger partial charge is 0.247 e. The van der Waals surface area contributed by atoms with Crippen LogP contribution in [0.3, 0.4) is 0 Å². The fourth-order valence-corrected chi connectivity index (χ4v) is 7.95. The zero-order valence-corrected chi connectivity index (χ0v) is 30.6. The first-order chi connectivity index (χ1) is 24.4. The molecule has 1 aliphatic rings. The minimum Gasteiger partial charge on any atom is -0.312 e. The molecule has 1 heterocycles. The molecule has 0 fully saturated rings. The Morgan fingerprint density at radius 3 is 1.58 bits per heavy atom. The first-order valence-electron chi connectivity index (χ1n) is 18.6. The van der Waals surface area contributed by atoms with E-state index in [-0.39, 0.29) is 6.71 Å². The largest absolute Gasteiger partial charge is 0.312 e. The Morgan fingerprint density at radius 1 is 0.520 bits per heavy atom. The van der Waals surface area contributed by atoms with Gasteiger partial charge in [0, 0.05) is 34.1 Å². The molecule has 0 bridgehead atoms. The minimum atomic E-state index is 0.105. The van der Waals surface area contributed by atoms with E-state index >= 15 is 0 Å². The van der Waals surface area contributed by atoms with Gasteiger partial charge in [-0.2, -0.15) is 0 Å². The van der Waals surface area contributed by atoms with Crippen molar-refractivity contribution in [3.8, 4) is 0 Å². The maximum absolute atomic E-state index is 2.51. The van der Waals surface area contributed by atoms with E-state index in [0.717, 1.165) is 43.5 Å². The maximum Gasteiger partial charge on any atom is 0.247 e. The molecule has 6 aromatic carbocycles. The summed E-state index contributed by atoms with van der Waals surface area (Å²) in [6.07, 6.45) is 5.39. The monoisotopic (exact) mass is 652 g/mol. The summed E-state index contributed by atoms with van der Waals surface area (Å²) < 4.78 is 0. The molecule has 0 spiro atoms. The van der Waals surface area contributed by atoms with Crippen LogP contribution in [0.4, 0.5) is 34.1 Å². The van der Waals surface area contributed by atoms with Gasteiger partial charge < -0.3 is 9.80 Å². The van der Waals surface area contributed by atoms with Crippen molar-refractivity contribution < 1.29 is 0 Å². The molecular weight excluding hydrogens is 603 g/mol. The molecule has 3 heteroatoms. The van der Waals surface area contributed by atoms with Gasteiger partial charge in [0.1, 0.15) is 0 Å². The molecule has 2 nitrogen and oxygen atoms in total. The second-order valence-corrected chi connectivity index (χ2v) is 14.1. The Morgan fingerprint density at radius 2 is 1.04 bits per heavy atom. The zero-order chi connectivity index (χ0) is 34.8. The fraction of sp³-hybridized carbons (Fsp3) is 0.234. The Bertz CT molecular complexity index is 2030. The van der Waals surface area contributed by atoms with Crippen molar-refractivity contribution in [1.82, 2.24) is 0 Å². The van der Waals surface area contributed by atoms with Crippen LogP contribution < -0.4 is 26.2 Å². The van der Waals surface area contributed by atoms with E-state index in [1.165, 1.54) is 72.5 Å². The van der Waals surface area contributed by atoms with E-state index in [1.807, 2.05) is 0 Å². The van der Waals surface area contributed by atoms with Gasteiger partial charge in [-0.15, -0.1) is 0 Å². The number of benzene rings is 6. The van der Waals surface area contributed by atoms with Crippen molar-refractivity contribution in [2.45, 2.75) is 73.6 Å². The molecule has 0 saturated heterocycles. The molecule has 0 radical (unpaired) electrons. The average molecular weight is 653 g/mol. The summed E-state index contributed by atoms with van der Waals surface area (Å²) in [6.45, 7) is 13.6. The highest BCUT2D eigenvalue weighted by atomic mass is 15.2. The quantitative estimate of drug-likeness (QED) is 0.136. The molecule has 0 N–H and O–H groups in total. The number of aryl methyl sites for hydroxylation is 6. The second-order valence-electron chi connectivity index (χ2n) is 14.1. The highest BCUT2D eigenvalue weighted by molar-refractivity contribution is 6.98. The number of nitrogens with zero attached hydrogens (tertiary/aromatic N) is 2. The first-order valence-corrected chi connectivity index (χ1v) is 18.6. The van der Waals surface area contributed by atoms with Gasteiger partial charge in [0.2, 0.25) is 6.71 Å². The van der Waals surface area contributed by atoms with E-state index in [0.29, 0.717) is 0 Å². The topological polar surface area (TPSA) is 6.48 Å². The summed E-state index contributed by atoms with van der Waals surface area (Å²) >= 11 is 0. The lowest BCUT2D eigenvalue weighted by molar-refractivity contribution is 0.902. The Hall–Kier alpha value is -5.02. The standard InChI is InChI=1S/C47H49BN2/c1-7-13-37-29-35(6)30-38(14-8-2)47(37)48-43-31-36(9-3)21-27-45(43)50(39-15-11-10-12-16-39)46-28-26-42(32-44(46)48)49(40-22-17-33(4)18-23-40)41-24-19-34(5)20-25-41/h10-12,15-32H,7-9,13-14H2,1-6H3. The van der Waals surface area contributed by atoms with Gasteiger partial charge in [-0.25, -0.2) is 0 Å². The molecule has 50 heavy (non-hydrogen) atoms. The van der Waals surface area contributed by atoms with Crippen molar-refractivity contribution in [2.24, 2.45) is 0 Å². The van der Waals surface area contributed by atoms with E-state index < -0.39 is 0 Å². The molecule has 0 aliphatic carbocycles. The van der Waals surface area contributed by atoms with Crippen molar-refractivity contribution in [3.05, 3.63) is 161 Å². The SMILES string of the molecule is CCCc1cc(C)cc(CCC)c1B1c2cc(CC)ccc2N(c2ccccc2)c2ccc(N(c3ccc(C)cc3)c3ccc(C)cc3)cc21. The lowest BCUT2D eigenvalue weighted by Crippen LogP contribution is -2.59. The van der Waals surface area contributed by atoms with E-state index in [1.54, 1.807) is 0 Å². The van der Waals surface area contributed by atoms with Crippen LogP contribution in [0.5, 0.6) is 0 Å². The van der Waals surface area contributed by atoms with Crippen LogP contribution in [0.15, 0.2) is 127 Å². The van der Waals surface area contributed by atoms with Crippen LogP contribution in [-0.4, -0.2) is 6.71 Å². The maximum atomic E-state index is 2.51. The van der Waals surface area contributed by atoms with Gasteiger partial charge in [-0.1, -0.05) is 134 Å². The van der Waals surface area contributed by atoms with E-state index in [2.05, 4.69) is 179 Å². The number of fused-ring (bicyclic) bond motifs is 2. The number of anilines is 6. The Labute approximate surface area is 300 Å². The second kappa shape index (κ2) is 14.5. The third-order valence-corrected chi connectivity index (χ3v) is 10.3. The van der Waals surface area contributed by atoms with E-state index in [9.17, 15) is 0 Å². The first kappa shape index (κ1) is 33.5. The highest BCUT2D eigenvalue weighted by Crippen LogP contribution is 2.40. The van der Waals surface area contributed by atoms with Crippen LogP contribution in [0.2, 0.25) is 0 Å². The molecule has 0 saturated carbocycles. The third-order valence-electron chi connectivity index (χ3n) is 10.3. The van der Waals surface area contributed by atoms with Crippen LogP contribution in [0.25, 0.3) is 0 Å². The molecule has 0 atom stereocenters. The van der Waals surface area contributed by atoms with Crippen LogP contribution in [0.1, 0.15) is 67.0 Å². The van der Waals surface area contributed by atoms with Crippen LogP contribution >= 0.6 is 0 Å². The third kappa shape index (κ3) is 6.38. The number of hydrogen-bond acceptors (Lipinski definition) is 2. The fourth-order valence-electron chi connectivity index (χ4n) is 7.95. The molecule has 6 aromatic rings. The lowest BCUT2D eigenvalue weighted by Gasteiger charge is -2.39. The molecule has 0 aromatic heterocycles. The molecule has 250 valence electrons. The number of hydrogen-bond donors (Lipinski definition) is 0. The van der Waals surface area contributed by atoms with Crippen molar-refractivity contribution in [3.63, 3.8) is 0 Å². The zero-order valence-electron chi connectivity index (χ0n) is 30.6. The van der Waals surface area contributed by atoms with Crippen molar-refractivity contribution >= 4 is 57.2 Å². The summed E-state index contributed by atoms with van der Waals surface area (Å²) in [6, 6.07) is 48.2. The van der Waals surface area contributed by atoms with Gasteiger partial charge in [0.25, 0.3) is 0 Å². The number of rotatable bonds is 10. The molecular formula is C47H49BN2. The normalized spacial score (nSPS) is 12.1. The minimum absolute atomic E-state index is 0.105. The summed E-state index contributed by atoms with van der Waals surface area (Å²) in [4.78, 5) is 4.93. The van der Waals surface area contributed by atoms with Gasteiger partial charge in [0.05, 0.1) is 0 Å². The summed E-state index contributed by atoms with van der Waals surface area (Å²) in [5, 5.41) is 0. The molecule has 0 unspecified atom stereocenters. The Balaban J connectivity index is 1.56. The van der Waals surface area contributed by atoms with Crippen molar-refractivity contribution in [1.29, 1.82) is 0 Å². The number of para-hydroxylation sites is 1. The predicted molar refractivity (Wildman–Crippen MR) is 218 cm³/mol. The van der Waals surface area contributed by atoms with Crippen molar-refractivity contribution in [2.75, 3.05) is 9.80 Å². The highest BCUT2D eigenvalue weighted by Gasteiger charge is 2.38. The average Bonchev–Trinajstić information content (AvgIpc) is 3.13. The summed E-state index contributed by atoms with van der Waals surface area (Å²) in [5.41, 5.74) is 19.7. The summed E-state index contributed by atoms with van der Waals surface area (Å²) in [5.74, 6) is 0. The van der Waals surface area contributed by atoms with E-state index in [4.69, 9.17) is 0 Å². The van der Waals surface area contributed by atoms with Crippen LogP contribution in [-0.2, 0) is 19.3 Å².